The Hall–Kier alpha value is -1.72. The molecule has 0 radical (unpaired) electrons. The maximum atomic E-state index is 13.2. The monoisotopic (exact) mass is 306 g/mol. The second-order valence-electron chi connectivity index (χ2n) is 4.67. The molecule has 0 spiro atoms. The standard InChI is InChI=1S/C15H18F4O2/c1-4-9(3)14(20)13(5-2)21-10-6-7-12(16)11(8-10)15(17,18)19/h6-8,13,20H,4-5H2,1-3H3/b14-9-/t13-/m0/s1. The second kappa shape index (κ2) is 6.83. The summed E-state index contributed by atoms with van der Waals surface area (Å²) < 4.78 is 56.5. The van der Waals surface area contributed by atoms with Crippen molar-refractivity contribution in [2.45, 2.75) is 45.9 Å². The molecule has 0 saturated carbocycles. The van der Waals surface area contributed by atoms with E-state index in [0.717, 1.165) is 6.07 Å². The van der Waals surface area contributed by atoms with Gasteiger partial charge in [-0.05, 0) is 43.5 Å². The van der Waals surface area contributed by atoms with E-state index >= 15 is 0 Å². The average molecular weight is 306 g/mol. The van der Waals surface area contributed by atoms with Crippen LogP contribution in [-0.2, 0) is 6.18 Å². The average Bonchev–Trinajstić information content (AvgIpc) is 2.43. The van der Waals surface area contributed by atoms with Crippen LogP contribution in [0, 0.1) is 5.82 Å². The first-order valence-electron chi connectivity index (χ1n) is 6.62. The van der Waals surface area contributed by atoms with Crippen LogP contribution in [0.15, 0.2) is 29.5 Å². The first kappa shape index (κ1) is 17.3. The van der Waals surface area contributed by atoms with Crippen LogP contribution in [0.1, 0.15) is 39.2 Å². The third-order valence-corrected chi connectivity index (χ3v) is 3.16. The Labute approximate surface area is 121 Å². The molecule has 118 valence electrons. The van der Waals surface area contributed by atoms with E-state index in [1.54, 1.807) is 13.8 Å². The third kappa shape index (κ3) is 4.37. The van der Waals surface area contributed by atoms with E-state index < -0.39 is 23.7 Å². The van der Waals surface area contributed by atoms with Gasteiger partial charge in [-0.2, -0.15) is 13.2 Å². The summed E-state index contributed by atoms with van der Waals surface area (Å²) in [6, 6.07) is 2.42. The molecule has 0 aliphatic heterocycles. The number of alkyl halides is 3. The molecule has 0 aliphatic rings. The van der Waals surface area contributed by atoms with Gasteiger partial charge in [-0.3, -0.25) is 0 Å². The summed E-state index contributed by atoms with van der Waals surface area (Å²) in [6.07, 6.45) is -4.57. The van der Waals surface area contributed by atoms with Crippen LogP contribution in [0.25, 0.3) is 0 Å². The van der Waals surface area contributed by atoms with Crippen LogP contribution < -0.4 is 4.74 Å². The van der Waals surface area contributed by atoms with Gasteiger partial charge in [0.05, 0.1) is 5.56 Å². The molecule has 21 heavy (non-hydrogen) atoms. The van der Waals surface area contributed by atoms with E-state index in [0.29, 0.717) is 30.5 Å². The number of rotatable bonds is 5. The molecule has 0 bridgehead atoms. The van der Waals surface area contributed by atoms with Crippen molar-refractivity contribution in [3.8, 4) is 5.75 Å². The van der Waals surface area contributed by atoms with Crippen LogP contribution in [0.4, 0.5) is 17.6 Å². The highest BCUT2D eigenvalue weighted by molar-refractivity contribution is 5.32. The van der Waals surface area contributed by atoms with Crippen molar-refractivity contribution in [1.29, 1.82) is 0 Å². The second-order valence-corrected chi connectivity index (χ2v) is 4.67. The van der Waals surface area contributed by atoms with Gasteiger partial charge < -0.3 is 9.84 Å². The molecule has 1 rings (SSSR count). The summed E-state index contributed by atoms with van der Waals surface area (Å²) in [4.78, 5) is 0. The Morgan fingerprint density at radius 2 is 1.90 bits per heavy atom. The molecule has 0 fully saturated rings. The number of hydrogen-bond acceptors (Lipinski definition) is 2. The normalized spacial score (nSPS) is 14.6. The molecule has 1 N–H and O–H groups in total. The highest BCUT2D eigenvalue weighted by atomic mass is 19.4. The minimum Gasteiger partial charge on any atom is -0.508 e. The van der Waals surface area contributed by atoms with E-state index in [1.165, 1.54) is 0 Å². The maximum Gasteiger partial charge on any atom is 0.419 e. The predicted molar refractivity (Wildman–Crippen MR) is 71.7 cm³/mol. The molecule has 0 aliphatic carbocycles. The molecule has 0 heterocycles. The SMILES string of the molecule is CC/C(C)=C(\O)[C@H](CC)Oc1ccc(F)c(C(F)(F)F)c1. The van der Waals surface area contributed by atoms with Crippen LogP contribution in [0.2, 0.25) is 0 Å². The van der Waals surface area contributed by atoms with Crippen molar-refractivity contribution in [2.75, 3.05) is 0 Å². The van der Waals surface area contributed by atoms with E-state index in [-0.39, 0.29) is 11.5 Å². The lowest BCUT2D eigenvalue weighted by atomic mass is 10.1. The fraction of sp³-hybridized carbons (Fsp3) is 0.467. The van der Waals surface area contributed by atoms with Gasteiger partial charge in [-0.1, -0.05) is 13.8 Å². The lowest BCUT2D eigenvalue weighted by Crippen LogP contribution is -2.20. The Kier molecular flexibility index (Phi) is 5.63. The Balaban J connectivity index is 3.07. The summed E-state index contributed by atoms with van der Waals surface area (Å²) in [7, 11) is 0. The van der Waals surface area contributed by atoms with E-state index in [9.17, 15) is 22.7 Å². The quantitative estimate of drug-likeness (QED) is 0.595. The Morgan fingerprint density at radius 3 is 2.38 bits per heavy atom. The van der Waals surface area contributed by atoms with Gasteiger partial charge in [-0.15, -0.1) is 0 Å². The summed E-state index contributed by atoms with van der Waals surface area (Å²) in [6.45, 7) is 5.29. The fourth-order valence-electron chi connectivity index (χ4n) is 1.75. The minimum absolute atomic E-state index is 0.00196. The van der Waals surface area contributed by atoms with Gasteiger partial charge in [0.15, 0.2) is 6.10 Å². The molecule has 6 heteroatoms. The van der Waals surface area contributed by atoms with Crippen molar-refractivity contribution in [1.82, 2.24) is 0 Å². The molecule has 1 aromatic rings. The topological polar surface area (TPSA) is 29.5 Å². The highest BCUT2D eigenvalue weighted by Crippen LogP contribution is 2.34. The summed E-state index contributed by atoms with van der Waals surface area (Å²) in [5.74, 6) is -1.49. The molecular formula is C15H18F4O2. The number of ether oxygens (including phenoxy) is 1. The number of aliphatic hydroxyl groups is 1. The fourth-order valence-corrected chi connectivity index (χ4v) is 1.75. The van der Waals surface area contributed by atoms with Gasteiger partial charge in [0.1, 0.15) is 17.3 Å². The van der Waals surface area contributed by atoms with E-state index in [2.05, 4.69) is 0 Å². The third-order valence-electron chi connectivity index (χ3n) is 3.16. The van der Waals surface area contributed by atoms with Crippen LogP contribution in [-0.4, -0.2) is 11.2 Å². The molecular weight excluding hydrogens is 288 g/mol. The maximum absolute atomic E-state index is 13.2. The molecule has 0 amide bonds. The lowest BCUT2D eigenvalue weighted by Gasteiger charge is -2.19. The van der Waals surface area contributed by atoms with Crippen LogP contribution in [0.3, 0.4) is 0 Å². The molecule has 2 nitrogen and oxygen atoms in total. The van der Waals surface area contributed by atoms with Gasteiger partial charge >= 0.3 is 6.18 Å². The number of allylic oxidation sites excluding steroid dienone is 1. The molecule has 0 aromatic heterocycles. The number of aliphatic hydroxyl groups excluding tert-OH is 1. The first-order chi connectivity index (χ1) is 9.70. The van der Waals surface area contributed by atoms with Crippen LogP contribution in [0.5, 0.6) is 5.75 Å². The van der Waals surface area contributed by atoms with Crippen molar-refractivity contribution in [2.24, 2.45) is 0 Å². The number of halogens is 4. The van der Waals surface area contributed by atoms with Crippen LogP contribution >= 0.6 is 0 Å². The van der Waals surface area contributed by atoms with Gasteiger partial charge in [0, 0.05) is 0 Å². The highest BCUT2D eigenvalue weighted by Gasteiger charge is 2.34. The van der Waals surface area contributed by atoms with Gasteiger partial charge in [0.25, 0.3) is 0 Å². The van der Waals surface area contributed by atoms with Gasteiger partial charge in [0.2, 0.25) is 0 Å². The summed E-state index contributed by atoms with van der Waals surface area (Å²) in [5, 5.41) is 9.98. The first-order valence-corrected chi connectivity index (χ1v) is 6.62. The summed E-state index contributed by atoms with van der Waals surface area (Å²) in [5.41, 5.74) is -0.689. The zero-order chi connectivity index (χ0) is 16.2. The largest absolute Gasteiger partial charge is 0.508 e. The molecule has 0 unspecified atom stereocenters. The minimum atomic E-state index is -4.79. The lowest BCUT2D eigenvalue weighted by molar-refractivity contribution is -0.140. The summed E-state index contributed by atoms with van der Waals surface area (Å²) >= 11 is 0. The number of benzene rings is 1. The van der Waals surface area contributed by atoms with Crippen molar-refractivity contribution < 1.29 is 27.4 Å². The zero-order valence-electron chi connectivity index (χ0n) is 12.1. The van der Waals surface area contributed by atoms with Crippen molar-refractivity contribution >= 4 is 0 Å². The molecule has 1 aromatic carbocycles. The molecule has 0 saturated heterocycles. The number of hydrogen-bond donors (Lipinski definition) is 1. The van der Waals surface area contributed by atoms with Crippen molar-refractivity contribution in [3.63, 3.8) is 0 Å². The predicted octanol–water partition coefficient (Wildman–Crippen LogP) is 5.24. The zero-order valence-corrected chi connectivity index (χ0v) is 12.1. The van der Waals surface area contributed by atoms with Crippen molar-refractivity contribution in [3.05, 3.63) is 40.9 Å². The Bertz CT molecular complexity index is 521. The van der Waals surface area contributed by atoms with Gasteiger partial charge in [-0.25, -0.2) is 4.39 Å². The van der Waals surface area contributed by atoms with E-state index in [1.807, 2.05) is 6.92 Å². The molecule has 1 atom stereocenters. The van der Waals surface area contributed by atoms with E-state index in [4.69, 9.17) is 4.74 Å². The Morgan fingerprint density at radius 1 is 1.29 bits per heavy atom. The smallest absolute Gasteiger partial charge is 0.419 e.